The molecule has 4 aliphatic rings. The van der Waals surface area contributed by atoms with E-state index < -0.39 is 28.9 Å². The Morgan fingerprint density at radius 1 is 0.800 bits per heavy atom. The van der Waals surface area contributed by atoms with Crippen LogP contribution >= 0.6 is 0 Å². The van der Waals surface area contributed by atoms with E-state index >= 15 is 0 Å². The monoisotopic (exact) mass is 486 g/mol. The first kappa shape index (κ1) is 26.5. The van der Waals surface area contributed by atoms with E-state index in [-0.39, 0.29) is 23.0 Å². The van der Waals surface area contributed by atoms with Crippen molar-refractivity contribution in [2.45, 2.75) is 106 Å². The Labute approximate surface area is 211 Å². The van der Waals surface area contributed by atoms with E-state index in [9.17, 15) is 24.3 Å². The van der Waals surface area contributed by atoms with Gasteiger partial charge in [-0.1, -0.05) is 33.6 Å². The van der Waals surface area contributed by atoms with Crippen LogP contribution in [-0.4, -0.2) is 28.4 Å². The van der Waals surface area contributed by atoms with Crippen molar-refractivity contribution in [2.75, 3.05) is 0 Å². The van der Waals surface area contributed by atoms with Gasteiger partial charge in [-0.2, -0.15) is 0 Å². The van der Waals surface area contributed by atoms with Gasteiger partial charge in [-0.3, -0.25) is 19.2 Å². The Morgan fingerprint density at radius 2 is 1.43 bits per heavy atom. The van der Waals surface area contributed by atoms with Crippen LogP contribution in [0, 0.1) is 57.7 Å². The second-order valence-corrected chi connectivity index (χ2v) is 13.3. The Hall–Kier alpha value is -1.52. The normalized spacial score (nSPS) is 40.6. The van der Waals surface area contributed by atoms with Crippen molar-refractivity contribution >= 4 is 23.3 Å². The van der Waals surface area contributed by atoms with Gasteiger partial charge in [-0.05, 0) is 118 Å². The van der Waals surface area contributed by atoms with Crippen molar-refractivity contribution < 1.29 is 24.3 Å². The number of aliphatic carboxylic acids is 1. The molecule has 0 heterocycles. The Kier molecular flexibility index (Phi) is 6.90. The molecular weight excluding hydrogens is 440 g/mol. The van der Waals surface area contributed by atoms with E-state index in [2.05, 4.69) is 13.8 Å². The van der Waals surface area contributed by atoms with Gasteiger partial charge in [0.25, 0.3) is 0 Å². The smallest absolute Gasteiger partial charge is 0.325 e. The summed E-state index contributed by atoms with van der Waals surface area (Å²) in [5, 5.41) is 10.2. The van der Waals surface area contributed by atoms with E-state index in [0.29, 0.717) is 17.3 Å². The maximum absolute atomic E-state index is 13.0. The van der Waals surface area contributed by atoms with E-state index in [1.807, 2.05) is 6.92 Å². The van der Waals surface area contributed by atoms with E-state index in [4.69, 9.17) is 0 Å². The molecule has 0 saturated heterocycles. The zero-order chi connectivity index (χ0) is 25.9. The van der Waals surface area contributed by atoms with Crippen LogP contribution in [0.15, 0.2) is 0 Å². The molecule has 0 aromatic rings. The molecule has 4 saturated carbocycles. The lowest BCUT2D eigenvalue weighted by molar-refractivity contribution is -0.169. The van der Waals surface area contributed by atoms with Gasteiger partial charge in [-0.15, -0.1) is 0 Å². The van der Waals surface area contributed by atoms with Gasteiger partial charge in [0.1, 0.15) is 5.78 Å². The molecule has 2 unspecified atom stereocenters. The van der Waals surface area contributed by atoms with Gasteiger partial charge in [0.2, 0.25) is 0 Å². The van der Waals surface area contributed by atoms with Crippen LogP contribution in [0.1, 0.15) is 106 Å². The molecule has 4 rings (SSSR count). The van der Waals surface area contributed by atoms with Crippen LogP contribution in [0.25, 0.3) is 0 Å². The summed E-state index contributed by atoms with van der Waals surface area (Å²) in [6.07, 6.45) is 12.5. The van der Waals surface area contributed by atoms with Gasteiger partial charge in [0, 0.05) is 0 Å². The number of hydrogen-bond donors (Lipinski definition) is 1. The van der Waals surface area contributed by atoms with E-state index in [0.717, 1.165) is 44.9 Å². The van der Waals surface area contributed by atoms with Gasteiger partial charge in [0.05, 0.1) is 5.92 Å². The van der Waals surface area contributed by atoms with Crippen molar-refractivity contribution in [3.63, 3.8) is 0 Å². The molecule has 9 atom stereocenters. The third-order valence-corrected chi connectivity index (χ3v) is 12.2. The molecule has 5 nitrogen and oxygen atoms in total. The number of carboxylic acid groups (broad SMARTS) is 1. The molecule has 0 bridgehead atoms. The fourth-order valence-corrected chi connectivity index (χ4v) is 10.6. The number of carboxylic acids is 1. The summed E-state index contributed by atoms with van der Waals surface area (Å²) in [7, 11) is 0. The van der Waals surface area contributed by atoms with Gasteiger partial charge in [0.15, 0.2) is 17.0 Å². The molecule has 4 fully saturated rings. The molecule has 0 amide bonds. The van der Waals surface area contributed by atoms with Gasteiger partial charge in [-0.25, -0.2) is 0 Å². The zero-order valence-corrected chi connectivity index (χ0v) is 22.7. The van der Waals surface area contributed by atoms with Gasteiger partial charge >= 0.3 is 5.97 Å². The van der Waals surface area contributed by atoms with Crippen LogP contribution in [0.5, 0.6) is 0 Å². The molecule has 4 aliphatic carbocycles. The lowest BCUT2D eigenvalue weighted by Gasteiger charge is -2.61. The lowest BCUT2D eigenvalue weighted by atomic mass is 9.44. The molecule has 0 aromatic heterocycles. The quantitative estimate of drug-likeness (QED) is 0.438. The number of carbonyl (C=O) groups is 4. The van der Waals surface area contributed by atoms with Crippen molar-refractivity contribution in [1.29, 1.82) is 0 Å². The Morgan fingerprint density at radius 3 is 2.00 bits per heavy atom. The predicted octanol–water partition coefficient (Wildman–Crippen LogP) is 6.13. The predicted molar refractivity (Wildman–Crippen MR) is 135 cm³/mol. The first-order valence-electron chi connectivity index (χ1n) is 14.1. The first-order chi connectivity index (χ1) is 16.3. The highest BCUT2D eigenvalue weighted by Crippen LogP contribution is 2.69. The molecule has 196 valence electrons. The zero-order valence-electron chi connectivity index (χ0n) is 22.7. The maximum Gasteiger partial charge on any atom is 0.325 e. The summed E-state index contributed by atoms with van der Waals surface area (Å²) >= 11 is 0. The topological polar surface area (TPSA) is 88.5 Å². The second-order valence-electron chi connectivity index (χ2n) is 13.3. The fraction of sp³-hybridized carbons (Fsp3) is 0.867. The molecule has 0 aromatic carbocycles. The van der Waals surface area contributed by atoms with Crippen LogP contribution < -0.4 is 0 Å². The van der Waals surface area contributed by atoms with Crippen molar-refractivity contribution in [3.8, 4) is 0 Å². The molecule has 1 N–H and O–H groups in total. The number of carbonyl (C=O) groups excluding carboxylic acids is 3. The minimum Gasteiger partial charge on any atom is -0.480 e. The third kappa shape index (κ3) is 3.69. The summed E-state index contributed by atoms with van der Waals surface area (Å²) < 4.78 is 0. The summed E-state index contributed by atoms with van der Waals surface area (Å²) in [4.78, 5) is 51.1. The second kappa shape index (κ2) is 9.10. The Bertz CT molecular complexity index is 870. The summed E-state index contributed by atoms with van der Waals surface area (Å²) in [5.74, 6) is -1.71. The number of rotatable bonds is 7. The van der Waals surface area contributed by atoms with Crippen LogP contribution in [0.2, 0.25) is 0 Å². The minimum absolute atomic E-state index is 0.0178. The average Bonchev–Trinajstić information content (AvgIpc) is 3.12. The highest BCUT2D eigenvalue weighted by molar-refractivity contribution is 6.23. The molecule has 35 heavy (non-hydrogen) atoms. The third-order valence-electron chi connectivity index (χ3n) is 12.2. The first-order valence-corrected chi connectivity index (χ1v) is 14.1. The molecule has 0 radical (unpaired) electrons. The lowest BCUT2D eigenvalue weighted by Crippen LogP contribution is -2.57. The molecule has 0 spiro atoms. The average molecular weight is 487 g/mol. The van der Waals surface area contributed by atoms with E-state index in [1.165, 1.54) is 51.9 Å². The summed E-state index contributed by atoms with van der Waals surface area (Å²) in [6, 6.07) is 0. The van der Waals surface area contributed by atoms with Crippen molar-refractivity contribution in [1.82, 2.24) is 0 Å². The maximum atomic E-state index is 13.0. The number of fused-ring (bicyclic) bond motifs is 5. The number of Topliss-reactive ketones (excluding diaryl/α,β-unsaturated/α-hetero) is 3. The van der Waals surface area contributed by atoms with Crippen LogP contribution in [0.4, 0.5) is 0 Å². The largest absolute Gasteiger partial charge is 0.480 e. The fourth-order valence-electron chi connectivity index (χ4n) is 10.6. The molecule has 5 heteroatoms. The van der Waals surface area contributed by atoms with Crippen molar-refractivity contribution in [2.24, 2.45) is 57.7 Å². The highest BCUT2D eigenvalue weighted by atomic mass is 16.4. The van der Waals surface area contributed by atoms with Crippen molar-refractivity contribution in [3.05, 3.63) is 0 Å². The summed E-state index contributed by atoms with van der Waals surface area (Å²) in [5.41, 5.74) is -1.82. The van der Waals surface area contributed by atoms with Crippen LogP contribution in [0.3, 0.4) is 0 Å². The van der Waals surface area contributed by atoms with Crippen LogP contribution in [-0.2, 0) is 19.2 Å². The highest BCUT2D eigenvalue weighted by Gasteiger charge is 2.64. The standard InChI is InChI=1S/C30H46O5/c1-17(26(18(2)31)30(19(3)32,20(4)33)27(34)35)23-12-13-24-22-11-10-21-9-7-8-15-28(21,5)25(22)14-16-29(23,24)6/h17,21-26H,7-16H2,1-6H3,(H,34,35)/t17-,21?,22-,23+,24-,25-,26?,28-,29+/m0/s1. The number of hydrogen-bond acceptors (Lipinski definition) is 4. The molecular formula is C30H46O5. The van der Waals surface area contributed by atoms with E-state index in [1.54, 1.807) is 0 Å². The Balaban J connectivity index is 1.67. The number of ketones is 3. The SMILES string of the molecule is CC(=O)C([C@@H](C)[C@H]1CC[C@H]2[C@@H]3CCC4CCCC[C@]4(C)[C@H]3CC[C@]12C)C(C(C)=O)(C(C)=O)C(=O)O. The minimum atomic E-state index is -2.29. The molecule has 0 aliphatic heterocycles. The summed E-state index contributed by atoms with van der Waals surface area (Å²) in [6.45, 7) is 10.6. The van der Waals surface area contributed by atoms with Gasteiger partial charge < -0.3 is 5.11 Å².